The van der Waals surface area contributed by atoms with Crippen molar-refractivity contribution >= 4 is 0 Å². The van der Waals surface area contributed by atoms with Gasteiger partial charge in [-0.1, -0.05) is 0 Å². The number of piperazine rings is 1. The van der Waals surface area contributed by atoms with Gasteiger partial charge >= 0.3 is 0 Å². The molecule has 3 heterocycles. The van der Waals surface area contributed by atoms with E-state index in [0.29, 0.717) is 24.2 Å². The maximum atomic E-state index is 5.77. The Hall–Kier alpha value is -0.320. The fourth-order valence-electron chi connectivity index (χ4n) is 4.84. The second-order valence-corrected chi connectivity index (χ2v) is 8.55. The molecule has 0 spiro atoms. The first-order valence-electron chi connectivity index (χ1n) is 10.5. The van der Waals surface area contributed by atoms with Crippen LogP contribution in [0.25, 0.3) is 0 Å². The Labute approximate surface area is 156 Å². The van der Waals surface area contributed by atoms with Crippen LogP contribution >= 0.6 is 0 Å². The van der Waals surface area contributed by atoms with Gasteiger partial charge in [-0.05, 0) is 57.8 Å². The molecule has 4 rings (SSSR count). The monoisotopic (exact) mass is 368 g/mol. The Morgan fingerprint density at radius 3 is 2.58 bits per heavy atom. The molecule has 0 bridgehead atoms. The van der Waals surface area contributed by atoms with Gasteiger partial charge in [0.15, 0.2) is 6.23 Å². The van der Waals surface area contributed by atoms with Gasteiger partial charge in [-0.15, -0.1) is 0 Å². The molecule has 1 saturated carbocycles. The van der Waals surface area contributed by atoms with Crippen LogP contribution in [-0.4, -0.2) is 56.4 Å². The van der Waals surface area contributed by atoms with Crippen molar-refractivity contribution in [3.63, 3.8) is 0 Å². The zero-order valence-corrected chi connectivity index (χ0v) is 16.1. The topological polar surface area (TPSA) is 90.6 Å². The molecule has 0 aromatic heterocycles. The van der Waals surface area contributed by atoms with Gasteiger partial charge in [0.2, 0.25) is 0 Å². The highest BCUT2D eigenvalue weighted by molar-refractivity contribution is 4.89. The van der Waals surface area contributed by atoms with E-state index in [1.807, 2.05) is 0 Å². The van der Waals surface area contributed by atoms with E-state index in [-0.39, 0.29) is 18.5 Å². The summed E-state index contributed by atoms with van der Waals surface area (Å²) in [6, 6.07) is 0.948. The van der Waals surface area contributed by atoms with Gasteiger partial charge in [0.05, 0.1) is 12.3 Å². The first-order chi connectivity index (χ1) is 12.7. The summed E-state index contributed by atoms with van der Waals surface area (Å²) in [6.45, 7) is 7.62. The van der Waals surface area contributed by atoms with Gasteiger partial charge in [0, 0.05) is 31.7 Å². The number of nitrogens with one attached hydrogen (secondary N) is 6. The molecule has 0 radical (unpaired) electrons. The van der Waals surface area contributed by atoms with E-state index in [1.54, 1.807) is 0 Å². The molecule has 3 aliphatic heterocycles. The molecule has 6 atom stereocenters. The van der Waals surface area contributed by atoms with Crippen molar-refractivity contribution in [2.45, 2.75) is 82.7 Å². The average Bonchev–Trinajstić information content (AvgIpc) is 3.32. The molecule has 3 saturated heterocycles. The molecular formula is C18H36N6O2. The Balaban J connectivity index is 1.19. The van der Waals surface area contributed by atoms with Crippen LogP contribution in [0.3, 0.4) is 0 Å². The molecule has 1 aliphatic carbocycles. The summed E-state index contributed by atoms with van der Waals surface area (Å²) in [5, 5.41) is 14.4. The Morgan fingerprint density at radius 2 is 1.88 bits per heavy atom. The van der Waals surface area contributed by atoms with E-state index in [0.717, 1.165) is 32.0 Å². The van der Waals surface area contributed by atoms with Gasteiger partial charge in [-0.2, -0.15) is 11.0 Å². The highest BCUT2D eigenvalue weighted by atomic mass is 16.7. The minimum atomic E-state index is -0.0550. The summed E-state index contributed by atoms with van der Waals surface area (Å²) >= 11 is 0. The minimum absolute atomic E-state index is 0.0550. The van der Waals surface area contributed by atoms with Crippen molar-refractivity contribution in [3.05, 3.63) is 0 Å². The van der Waals surface area contributed by atoms with Crippen molar-refractivity contribution < 1.29 is 9.68 Å². The first kappa shape index (κ1) is 19.0. The third-order valence-electron chi connectivity index (χ3n) is 6.51. The van der Waals surface area contributed by atoms with E-state index in [2.05, 4.69) is 46.1 Å². The predicted molar refractivity (Wildman–Crippen MR) is 99.7 cm³/mol. The first-order valence-corrected chi connectivity index (χ1v) is 10.5. The van der Waals surface area contributed by atoms with Crippen LogP contribution in [0.15, 0.2) is 0 Å². The highest BCUT2D eigenvalue weighted by Gasteiger charge is 2.40. The zero-order valence-electron chi connectivity index (χ0n) is 16.1. The molecule has 26 heavy (non-hydrogen) atoms. The SMILES string of the molecule is CC1CC(C2NC(C3CCC([C@@H](C)NC4CNCCN4)CC3)NO2)ON1. The highest BCUT2D eigenvalue weighted by Crippen LogP contribution is 2.33. The van der Waals surface area contributed by atoms with Crippen molar-refractivity contribution in [2.24, 2.45) is 11.8 Å². The summed E-state index contributed by atoms with van der Waals surface area (Å²) in [5.41, 5.74) is 6.25. The normalized spacial score (nSPS) is 45.7. The van der Waals surface area contributed by atoms with E-state index in [1.165, 1.54) is 25.7 Å². The maximum Gasteiger partial charge on any atom is 0.159 e. The van der Waals surface area contributed by atoms with Crippen molar-refractivity contribution in [3.8, 4) is 0 Å². The lowest BCUT2D eigenvalue weighted by Crippen LogP contribution is -2.58. The van der Waals surface area contributed by atoms with Crippen LogP contribution in [0.1, 0.15) is 46.0 Å². The van der Waals surface area contributed by atoms with Gasteiger partial charge in [0.1, 0.15) is 6.10 Å². The second kappa shape index (κ2) is 8.79. The molecule has 6 N–H and O–H groups in total. The van der Waals surface area contributed by atoms with Crippen LogP contribution in [0.5, 0.6) is 0 Å². The quantitative estimate of drug-likeness (QED) is 0.396. The Bertz CT molecular complexity index is 441. The molecular weight excluding hydrogens is 332 g/mol. The summed E-state index contributed by atoms with van der Waals surface area (Å²) in [7, 11) is 0. The molecule has 4 aliphatic rings. The molecule has 0 aromatic rings. The standard InChI is InChI=1S/C18H36N6O2/c1-11-9-15(25-23-11)18-22-17(24-26-18)14-5-3-13(4-6-14)12(2)21-16-10-19-7-8-20-16/h11-24H,3-10H2,1-2H3/t11?,12-,13?,14?,15?,16?,17?,18?/m1/s1. The Morgan fingerprint density at radius 1 is 1.04 bits per heavy atom. The van der Waals surface area contributed by atoms with Crippen LogP contribution in [0.4, 0.5) is 0 Å². The minimum Gasteiger partial charge on any atom is -0.313 e. The second-order valence-electron chi connectivity index (χ2n) is 8.55. The van der Waals surface area contributed by atoms with Gasteiger partial charge < -0.3 is 5.32 Å². The summed E-state index contributed by atoms with van der Waals surface area (Å²) < 4.78 is 0. The zero-order chi connectivity index (χ0) is 17.9. The van der Waals surface area contributed by atoms with Gasteiger partial charge in [-0.25, -0.2) is 0 Å². The number of rotatable bonds is 5. The van der Waals surface area contributed by atoms with Gasteiger partial charge in [0.25, 0.3) is 0 Å². The number of hydroxylamine groups is 2. The Kier molecular flexibility index (Phi) is 6.43. The fourth-order valence-corrected chi connectivity index (χ4v) is 4.84. The maximum absolute atomic E-state index is 5.77. The lowest BCUT2D eigenvalue weighted by Gasteiger charge is -2.37. The molecule has 5 unspecified atom stereocenters. The van der Waals surface area contributed by atoms with Crippen LogP contribution in [0, 0.1) is 11.8 Å². The third kappa shape index (κ3) is 4.56. The van der Waals surface area contributed by atoms with Crippen molar-refractivity contribution in [1.29, 1.82) is 0 Å². The summed E-state index contributed by atoms with van der Waals surface area (Å²) in [6.07, 6.45) is 6.71. The largest absolute Gasteiger partial charge is 0.313 e. The molecule has 8 heteroatoms. The van der Waals surface area contributed by atoms with Crippen molar-refractivity contribution in [2.75, 3.05) is 19.6 Å². The number of hydrogen-bond donors (Lipinski definition) is 6. The number of hydrogen-bond acceptors (Lipinski definition) is 8. The molecule has 4 fully saturated rings. The predicted octanol–water partition coefficient (Wildman–Crippen LogP) is -0.252. The average molecular weight is 369 g/mol. The van der Waals surface area contributed by atoms with E-state index in [9.17, 15) is 0 Å². The summed E-state index contributed by atoms with van der Waals surface area (Å²) in [4.78, 5) is 11.4. The van der Waals surface area contributed by atoms with E-state index >= 15 is 0 Å². The van der Waals surface area contributed by atoms with E-state index in [4.69, 9.17) is 9.68 Å². The fraction of sp³-hybridized carbons (Fsp3) is 1.00. The third-order valence-corrected chi connectivity index (χ3v) is 6.51. The smallest absolute Gasteiger partial charge is 0.159 e. The molecule has 150 valence electrons. The van der Waals surface area contributed by atoms with Crippen LogP contribution < -0.4 is 32.2 Å². The van der Waals surface area contributed by atoms with Gasteiger partial charge in [-0.3, -0.25) is 25.6 Å². The van der Waals surface area contributed by atoms with E-state index < -0.39 is 0 Å². The summed E-state index contributed by atoms with van der Waals surface area (Å²) in [5.74, 6) is 1.39. The van der Waals surface area contributed by atoms with Crippen molar-refractivity contribution in [1.82, 2.24) is 32.2 Å². The molecule has 8 nitrogen and oxygen atoms in total. The lowest BCUT2D eigenvalue weighted by molar-refractivity contribution is -0.0859. The van der Waals surface area contributed by atoms with Crippen LogP contribution in [-0.2, 0) is 9.68 Å². The molecule has 0 aromatic carbocycles. The van der Waals surface area contributed by atoms with Crippen LogP contribution in [0.2, 0.25) is 0 Å². The molecule has 0 amide bonds. The lowest BCUT2D eigenvalue weighted by atomic mass is 9.77.